The molecular formula is C17H24ClNO3. The van der Waals surface area contributed by atoms with Crippen molar-refractivity contribution in [3.63, 3.8) is 0 Å². The molecule has 0 radical (unpaired) electrons. The number of hydrogen-bond acceptors (Lipinski definition) is 4. The molecule has 0 bridgehead atoms. The Morgan fingerprint density at radius 2 is 1.86 bits per heavy atom. The molecule has 0 unspecified atom stereocenters. The van der Waals surface area contributed by atoms with E-state index in [4.69, 9.17) is 15.2 Å². The summed E-state index contributed by atoms with van der Waals surface area (Å²) in [6.07, 6.45) is 0.434. The number of esters is 1. The van der Waals surface area contributed by atoms with Crippen molar-refractivity contribution in [2.45, 2.75) is 45.8 Å². The van der Waals surface area contributed by atoms with Crippen molar-refractivity contribution in [2.24, 2.45) is 5.73 Å². The van der Waals surface area contributed by atoms with Crippen LogP contribution in [-0.2, 0) is 16.0 Å². The van der Waals surface area contributed by atoms with Crippen molar-refractivity contribution in [1.82, 2.24) is 0 Å². The van der Waals surface area contributed by atoms with E-state index >= 15 is 0 Å². The summed E-state index contributed by atoms with van der Waals surface area (Å²) in [6, 6.07) is 6.79. The maximum atomic E-state index is 11.8. The number of hydrogen-bond donors (Lipinski definition) is 1. The molecule has 0 aromatic heterocycles. The van der Waals surface area contributed by atoms with E-state index in [1.54, 1.807) is 6.92 Å². The molecule has 0 aliphatic rings. The lowest BCUT2D eigenvalue weighted by Gasteiger charge is -2.22. The molecule has 1 aromatic carbocycles. The second kappa shape index (κ2) is 9.34. The van der Waals surface area contributed by atoms with E-state index < -0.39 is 11.6 Å². The molecule has 4 nitrogen and oxygen atoms in total. The fourth-order valence-electron chi connectivity index (χ4n) is 1.63. The Kier molecular flexibility index (Phi) is 8.62. The summed E-state index contributed by atoms with van der Waals surface area (Å²) >= 11 is 0. The fourth-order valence-corrected chi connectivity index (χ4v) is 1.63. The highest BCUT2D eigenvalue weighted by Crippen LogP contribution is 2.14. The topological polar surface area (TPSA) is 61.5 Å². The first kappa shape index (κ1) is 20.3. The molecule has 22 heavy (non-hydrogen) atoms. The molecule has 1 atom stereocenters. The second-order valence-electron chi connectivity index (χ2n) is 5.70. The van der Waals surface area contributed by atoms with Crippen LogP contribution < -0.4 is 10.5 Å². The molecule has 2 N–H and O–H groups in total. The first-order chi connectivity index (χ1) is 9.81. The van der Waals surface area contributed by atoms with Crippen LogP contribution in [0.15, 0.2) is 24.3 Å². The number of nitrogens with two attached hydrogens (primary N) is 1. The van der Waals surface area contributed by atoms with Gasteiger partial charge in [-0.15, -0.1) is 18.3 Å². The molecule has 5 heteroatoms. The van der Waals surface area contributed by atoms with Crippen LogP contribution in [0.5, 0.6) is 5.75 Å². The molecule has 0 aliphatic heterocycles. The van der Waals surface area contributed by atoms with E-state index in [2.05, 4.69) is 11.8 Å². The van der Waals surface area contributed by atoms with Crippen molar-refractivity contribution in [2.75, 3.05) is 6.61 Å². The molecule has 0 amide bonds. The van der Waals surface area contributed by atoms with Crippen molar-refractivity contribution < 1.29 is 14.3 Å². The Morgan fingerprint density at radius 3 is 2.36 bits per heavy atom. The van der Waals surface area contributed by atoms with Crippen LogP contribution in [0.1, 0.15) is 33.3 Å². The molecular weight excluding hydrogens is 302 g/mol. The third kappa shape index (κ3) is 7.92. The first-order valence-corrected chi connectivity index (χ1v) is 6.91. The minimum absolute atomic E-state index is 0. The predicted octanol–water partition coefficient (Wildman–Crippen LogP) is 2.72. The first-order valence-electron chi connectivity index (χ1n) is 6.91. The highest BCUT2D eigenvalue weighted by Gasteiger charge is 2.22. The summed E-state index contributed by atoms with van der Waals surface area (Å²) in [7, 11) is 0. The number of rotatable bonds is 5. The monoisotopic (exact) mass is 325 g/mol. The third-order valence-corrected chi connectivity index (χ3v) is 2.58. The van der Waals surface area contributed by atoms with Gasteiger partial charge in [-0.2, -0.15) is 0 Å². The second-order valence-corrected chi connectivity index (χ2v) is 5.70. The molecule has 0 spiro atoms. The quantitative estimate of drug-likeness (QED) is 0.668. The van der Waals surface area contributed by atoms with E-state index in [1.807, 2.05) is 45.0 Å². The molecule has 0 saturated heterocycles. The number of halogens is 1. The van der Waals surface area contributed by atoms with Gasteiger partial charge >= 0.3 is 5.97 Å². The Balaban J connectivity index is 0.00000441. The van der Waals surface area contributed by atoms with Gasteiger partial charge in [0.15, 0.2) is 0 Å². The van der Waals surface area contributed by atoms with E-state index in [0.29, 0.717) is 13.0 Å². The number of carbonyl (C=O) groups excluding carboxylic acids is 1. The Bertz CT molecular complexity index is 524. The van der Waals surface area contributed by atoms with Crippen LogP contribution in [0.25, 0.3) is 0 Å². The normalized spacial score (nSPS) is 11.5. The number of carbonyl (C=O) groups is 1. The Hall–Kier alpha value is -1.70. The molecule has 0 heterocycles. The van der Waals surface area contributed by atoms with Gasteiger partial charge in [0, 0.05) is 0 Å². The zero-order chi connectivity index (χ0) is 15.9. The van der Waals surface area contributed by atoms with E-state index in [-0.39, 0.29) is 18.4 Å². The van der Waals surface area contributed by atoms with E-state index in [0.717, 1.165) is 11.3 Å². The summed E-state index contributed by atoms with van der Waals surface area (Å²) in [4.78, 5) is 11.8. The average molecular weight is 326 g/mol. The standard InChI is InChI=1S/C17H23NO3.ClH/c1-5-6-11-20-14-9-7-13(8-10-14)12-15(18)16(19)21-17(2,3)4;/h7-10,15H,11-12,18H2,1-4H3;1H/t15-;/m0./s1. The van der Waals surface area contributed by atoms with Crippen LogP contribution in [0, 0.1) is 11.8 Å². The van der Waals surface area contributed by atoms with Gasteiger partial charge in [0.25, 0.3) is 0 Å². The van der Waals surface area contributed by atoms with Gasteiger partial charge in [-0.1, -0.05) is 18.1 Å². The van der Waals surface area contributed by atoms with Crippen LogP contribution in [0.3, 0.4) is 0 Å². The minimum Gasteiger partial charge on any atom is -0.481 e. The summed E-state index contributed by atoms with van der Waals surface area (Å²) in [5.41, 5.74) is 6.31. The van der Waals surface area contributed by atoms with Crippen molar-refractivity contribution in [3.8, 4) is 17.6 Å². The Labute approximate surface area is 138 Å². The van der Waals surface area contributed by atoms with Gasteiger partial charge in [0.2, 0.25) is 0 Å². The maximum Gasteiger partial charge on any atom is 0.323 e. The molecule has 1 rings (SSSR count). The summed E-state index contributed by atoms with van der Waals surface area (Å²) in [5, 5.41) is 0. The van der Waals surface area contributed by atoms with Gasteiger partial charge in [-0.05, 0) is 51.8 Å². The third-order valence-electron chi connectivity index (χ3n) is 2.58. The van der Waals surface area contributed by atoms with Gasteiger partial charge in [0.1, 0.15) is 24.0 Å². The summed E-state index contributed by atoms with van der Waals surface area (Å²) in [5.74, 6) is 5.95. The highest BCUT2D eigenvalue weighted by atomic mass is 35.5. The molecule has 1 aromatic rings. The van der Waals surface area contributed by atoms with Crippen LogP contribution in [0.2, 0.25) is 0 Å². The lowest BCUT2D eigenvalue weighted by atomic mass is 10.1. The molecule has 0 saturated carbocycles. The van der Waals surface area contributed by atoms with Gasteiger partial charge in [-0.25, -0.2) is 0 Å². The zero-order valence-electron chi connectivity index (χ0n) is 13.5. The smallest absolute Gasteiger partial charge is 0.323 e. The summed E-state index contributed by atoms with van der Waals surface area (Å²) < 4.78 is 10.7. The molecule has 0 fully saturated rings. The minimum atomic E-state index is -0.665. The van der Waals surface area contributed by atoms with Crippen molar-refractivity contribution in [3.05, 3.63) is 29.8 Å². The fraction of sp³-hybridized carbons (Fsp3) is 0.471. The van der Waals surface area contributed by atoms with Crippen molar-refractivity contribution in [1.29, 1.82) is 0 Å². The van der Waals surface area contributed by atoms with Crippen molar-refractivity contribution >= 4 is 18.4 Å². The van der Waals surface area contributed by atoms with Gasteiger partial charge < -0.3 is 15.2 Å². The number of benzene rings is 1. The van der Waals surface area contributed by atoms with E-state index in [1.165, 1.54) is 0 Å². The largest absolute Gasteiger partial charge is 0.481 e. The van der Waals surface area contributed by atoms with E-state index in [9.17, 15) is 4.79 Å². The van der Waals surface area contributed by atoms with Gasteiger partial charge in [-0.3, -0.25) is 4.79 Å². The lowest BCUT2D eigenvalue weighted by molar-refractivity contribution is -0.156. The number of ether oxygens (including phenoxy) is 2. The average Bonchev–Trinajstić information content (AvgIpc) is 2.39. The van der Waals surface area contributed by atoms with Crippen LogP contribution in [0.4, 0.5) is 0 Å². The molecule has 0 aliphatic carbocycles. The maximum absolute atomic E-state index is 11.8. The zero-order valence-corrected chi connectivity index (χ0v) is 14.3. The highest BCUT2D eigenvalue weighted by molar-refractivity contribution is 5.85. The van der Waals surface area contributed by atoms with Crippen LogP contribution >= 0.6 is 12.4 Å². The van der Waals surface area contributed by atoms with Gasteiger partial charge in [0.05, 0.1) is 0 Å². The van der Waals surface area contributed by atoms with Crippen LogP contribution in [-0.4, -0.2) is 24.2 Å². The Morgan fingerprint density at radius 1 is 1.27 bits per heavy atom. The summed E-state index contributed by atoms with van der Waals surface area (Å²) in [6.45, 7) is 7.60. The lowest BCUT2D eigenvalue weighted by Crippen LogP contribution is -2.38. The predicted molar refractivity (Wildman–Crippen MR) is 90.2 cm³/mol. The SMILES string of the molecule is CC#CCOc1ccc(C[C@H](N)C(=O)OC(C)(C)C)cc1.Cl. The molecule has 122 valence electrons.